The van der Waals surface area contributed by atoms with E-state index in [9.17, 15) is 0 Å². The lowest BCUT2D eigenvalue weighted by Gasteiger charge is -2.36. The van der Waals surface area contributed by atoms with Gasteiger partial charge in [-0.3, -0.25) is 4.90 Å². The molecule has 5 heteroatoms. The zero-order valence-corrected chi connectivity index (χ0v) is 15.8. The van der Waals surface area contributed by atoms with Crippen molar-refractivity contribution in [3.8, 4) is 0 Å². The minimum atomic E-state index is 0.442. The Hall–Kier alpha value is -2.53. The second-order valence-corrected chi connectivity index (χ2v) is 7.59. The lowest BCUT2D eigenvalue weighted by molar-refractivity contribution is 0.248. The number of hydrogen-bond donors (Lipinski definition) is 2. The Bertz CT molecular complexity index is 744. The Morgan fingerprint density at radius 1 is 0.963 bits per heavy atom. The fraction of sp³-hybridized carbons (Fsp3) is 0.409. The first-order valence-electron chi connectivity index (χ1n) is 9.94. The van der Waals surface area contributed by atoms with Crippen molar-refractivity contribution in [3.05, 3.63) is 60.2 Å². The van der Waals surface area contributed by atoms with Gasteiger partial charge in [-0.15, -0.1) is 0 Å². The van der Waals surface area contributed by atoms with Gasteiger partial charge in [0.1, 0.15) is 0 Å². The first-order chi connectivity index (χ1) is 13.3. The molecule has 2 fully saturated rings. The molecule has 1 heterocycles. The van der Waals surface area contributed by atoms with E-state index in [1.54, 1.807) is 0 Å². The average Bonchev–Trinajstić information content (AvgIpc) is 3.52. The molecule has 5 nitrogen and oxygen atoms in total. The van der Waals surface area contributed by atoms with Gasteiger partial charge in [0.25, 0.3) is 0 Å². The molecule has 1 saturated carbocycles. The van der Waals surface area contributed by atoms with Crippen LogP contribution >= 0.6 is 0 Å². The van der Waals surface area contributed by atoms with E-state index in [0.29, 0.717) is 12.5 Å². The molecule has 0 unspecified atom stereocenters. The van der Waals surface area contributed by atoms with Crippen molar-refractivity contribution in [2.24, 2.45) is 16.6 Å². The summed E-state index contributed by atoms with van der Waals surface area (Å²) in [6.45, 7) is 6.51. The molecule has 0 bridgehead atoms. The zero-order valence-electron chi connectivity index (χ0n) is 15.8. The highest BCUT2D eigenvalue weighted by Crippen LogP contribution is 2.30. The monoisotopic (exact) mass is 363 g/mol. The standard InChI is InChI=1S/C22H29N5/c23-22(25-20-4-2-1-3-5-20)24-16-18-8-10-21(11-9-18)27-14-12-26(13-15-27)17-19-6-7-19/h1-5,8-11,19H,6-7,12-17H2,(H3,23,24,25). The molecule has 0 aromatic heterocycles. The number of piperazine rings is 1. The first-order valence-corrected chi connectivity index (χ1v) is 9.94. The summed E-state index contributed by atoms with van der Waals surface area (Å²) in [6.07, 6.45) is 2.88. The summed E-state index contributed by atoms with van der Waals surface area (Å²) in [7, 11) is 0. The fourth-order valence-corrected chi connectivity index (χ4v) is 3.55. The maximum atomic E-state index is 5.98. The molecule has 2 aromatic carbocycles. The van der Waals surface area contributed by atoms with Crippen LogP contribution in [0.1, 0.15) is 18.4 Å². The molecule has 1 aliphatic heterocycles. The third-order valence-corrected chi connectivity index (χ3v) is 5.37. The fourth-order valence-electron chi connectivity index (χ4n) is 3.55. The summed E-state index contributed by atoms with van der Waals surface area (Å²) in [5.74, 6) is 1.43. The summed E-state index contributed by atoms with van der Waals surface area (Å²) in [5.41, 5.74) is 9.41. The van der Waals surface area contributed by atoms with Crippen molar-refractivity contribution >= 4 is 17.3 Å². The topological polar surface area (TPSA) is 56.9 Å². The Labute approximate surface area is 161 Å². The molecule has 0 atom stereocenters. The van der Waals surface area contributed by atoms with Crippen LogP contribution in [-0.4, -0.2) is 43.6 Å². The van der Waals surface area contributed by atoms with Crippen LogP contribution in [0, 0.1) is 5.92 Å². The first kappa shape index (κ1) is 17.9. The van der Waals surface area contributed by atoms with Crippen molar-refractivity contribution in [1.29, 1.82) is 0 Å². The SMILES string of the molecule is NC(=NCc1ccc(N2CCN(CC3CC3)CC2)cc1)Nc1ccccc1. The van der Waals surface area contributed by atoms with E-state index < -0.39 is 0 Å². The van der Waals surface area contributed by atoms with Crippen molar-refractivity contribution in [3.63, 3.8) is 0 Å². The number of rotatable bonds is 6. The van der Waals surface area contributed by atoms with Crippen LogP contribution < -0.4 is 16.0 Å². The maximum Gasteiger partial charge on any atom is 0.193 e. The Morgan fingerprint density at radius 3 is 2.33 bits per heavy atom. The second kappa shape index (κ2) is 8.44. The van der Waals surface area contributed by atoms with Crippen LogP contribution in [-0.2, 0) is 6.54 Å². The van der Waals surface area contributed by atoms with Gasteiger partial charge in [-0.1, -0.05) is 30.3 Å². The lowest BCUT2D eigenvalue weighted by atomic mass is 10.1. The number of hydrogen-bond acceptors (Lipinski definition) is 3. The second-order valence-electron chi connectivity index (χ2n) is 7.59. The summed E-state index contributed by atoms with van der Waals surface area (Å²) in [4.78, 5) is 9.55. The van der Waals surface area contributed by atoms with Gasteiger partial charge in [0, 0.05) is 44.1 Å². The van der Waals surface area contributed by atoms with E-state index in [4.69, 9.17) is 5.73 Å². The van der Waals surface area contributed by atoms with Gasteiger partial charge in [0.2, 0.25) is 0 Å². The van der Waals surface area contributed by atoms with E-state index in [2.05, 4.69) is 44.4 Å². The largest absolute Gasteiger partial charge is 0.370 e. The number of nitrogens with one attached hydrogen (secondary N) is 1. The van der Waals surface area contributed by atoms with Crippen molar-refractivity contribution in [1.82, 2.24) is 4.90 Å². The summed E-state index contributed by atoms with van der Waals surface area (Å²) in [5, 5.41) is 3.11. The third kappa shape index (κ3) is 5.23. The number of aliphatic imine (C=N–C) groups is 1. The molecule has 1 aliphatic carbocycles. The van der Waals surface area contributed by atoms with E-state index >= 15 is 0 Å². The summed E-state index contributed by atoms with van der Waals surface area (Å²) >= 11 is 0. The van der Waals surface area contributed by atoms with Gasteiger partial charge >= 0.3 is 0 Å². The molecule has 0 spiro atoms. The highest BCUT2D eigenvalue weighted by Gasteiger charge is 2.26. The predicted molar refractivity (Wildman–Crippen MR) is 113 cm³/mol. The Balaban J connectivity index is 1.26. The molecular formula is C22H29N5. The van der Waals surface area contributed by atoms with Crippen LogP contribution in [0.15, 0.2) is 59.6 Å². The van der Waals surface area contributed by atoms with Gasteiger partial charge in [0.05, 0.1) is 6.54 Å². The molecule has 4 rings (SSSR count). The maximum absolute atomic E-state index is 5.98. The molecule has 2 aromatic rings. The molecule has 2 aliphatic rings. The third-order valence-electron chi connectivity index (χ3n) is 5.37. The number of nitrogens with two attached hydrogens (primary N) is 1. The zero-order chi connectivity index (χ0) is 18.5. The molecule has 1 saturated heterocycles. The summed E-state index contributed by atoms with van der Waals surface area (Å²) in [6, 6.07) is 18.6. The van der Waals surface area contributed by atoms with Crippen molar-refractivity contribution in [2.75, 3.05) is 42.9 Å². The number of para-hydroxylation sites is 1. The van der Waals surface area contributed by atoms with Crippen molar-refractivity contribution in [2.45, 2.75) is 19.4 Å². The van der Waals surface area contributed by atoms with E-state index in [-0.39, 0.29) is 0 Å². The average molecular weight is 364 g/mol. The number of benzene rings is 2. The van der Waals surface area contributed by atoms with Gasteiger partial charge in [-0.25, -0.2) is 4.99 Å². The predicted octanol–water partition coefficient (Wildman–Crippen LogP) is 3.15. The van der Waals surface area contributed by atoms with E-state index in [0.717, 1.165) is 24.7 Å². The lowest BCUT2D eigenvalue weighted by Crippen LogP contribution is -2.47. The van der Waals surface area contributed by atoms with Crippen LogP contribution in [0.2, 0.25) is 0 Å². The van der Waals surface area contributed by atoms with Crippen LogP contribution in [0.25, 0.3) is 0 Å². The van der Waals surface area contributed by atoms with Crippen LogP contribution in [0.4, 0.5) is 11.4 Å². The smallest absolute Gasteiger partial charge is 0.193 e. The molecular weight excluding hydrogens is 334 g/mol. The molecule has 3 N–H and O–H groups in total. The van der Waals surface area contributed by atoms with E-state index in [1.807, 2.05) is 30.3 Å². The minimum Gasteiger partial charge on any atom is -0.370 e. The van der Waals surface area contributed by atoms with Gasteiger partial charge in [-0.2, -0.15) is 0 Å². The normalized spacial score (nSPS) is 18.5. The van der Waals surface area contributed by atoms with Crippen LogP contribution in [0.5, 0.6) is 0 Å². The quantitative estimate of drug-likeness (QED) is 0.611. The molecule has 27 heavy (non-hydrogen) atoms. The van der Waals surface area contributed by atoms with Crippen molar-refractivity contribution < 1.29 is 0 Å². The molecule has 142 valence electrons. The Kier molecular flexibility index (Phi) is 5.58. The summed E-state index contributed by atoms with van der Waals surface area (Å²) < 4.78 is 0. The number of guanidine groups is 1. The Morgan fingerprint density at radius 2 is 1.67 bits per heavy atom. The van der Waals surface area contributed by atoms with Gasteiger partial charge in [0.15, 0.2) is 5.96 Å². The number of nitrogens with zero attached hydrogens (tertiary/aromatic N) is 3. The molecule has 0 amide bonds. The van der Waals surface area contributed by atoms with E-state index in [1.165, 1.54) is 43.7 Å². The van der Waals surface area contributed by atoms with Gasteiger partial charge in [-0.05, 0) is 48.6 Å². The highest BCUT2D eigenvalue weighted by atomic mass is 15.3. The molecule has 0 radical (unpaired) electrons. The van der Waals surface area contributed by atoms with Crippen LogP contribution in [0.3, 0.4) is 0 Å². The number of anilines is 2. The highest BCUT2D eigenvalue weighted by molar-refractivity contribution is 5.92. The minimum absolute atomic E-state index is 0.442. The van der Waals surface area contributed by atoms with Gasteiger partial charge < -0.3 is 16.0 Å².